The lowest BCUT2D eigenvalue weighted by atomic mass is 9.67. The van der Waals surface area contributed by atoms with Gasteiger partial charge in [0, 0.05) is 0 Å². The van der Waals surface area contributed by atoms with Crippen LogP contribution < -0.4 is 5.73 Å². The van der Waals surface area contributed by atoms with E-state index in [1.807, 2.05) is 0 Å². The third-order valence-corrected chi connectivity index (χ3v) is 4.44. The van der Waals surface area contributed by atoms with Gasteiger partial charge in [-0.25, -0.2) is 0 Å². The van der Waals surface area contributed by atoms with E-state index in [1.54, 1.807) is 0 Å². The third-order valence-electron chi connectivity index (χ3n) is 4.44. The van der Waals surface area contributed by atoms with E-state index in [1.165, 1.54) is 38.5 Å². The van der Waals surface area contributed by atoms with Gasteiger partial charge in [-0.15, -0.1) is 0 Å². The standard InChI is InChI=1S/C13H27N/c1-4-13(2,3)12-7-5-11(6-8-12)9-10-14/h11-12H,4-10,14H2,1-3H3. The molecule has 0 atom stereocenters. The molecule has 0 aromatic carbocycles. The molecule has 1 rings (SSSR count). The molecule has 2 N–H and O–H groups in total. The Morgan fingerprint density at radius 1 is 1.14 bits per heavy atom. The van der Waals surface area contributed by atoms with Crippen LogP contribution in [0.5, 0.6) is 0 Å². The molecule has 0 spiro atoms. The second-order valence-corrected chi connectivity index (χ2v) is 5.64. The largest absolute Gasteiger partial charge is 0.330 e. The Morgan fingerprint density at radius 3 is 2.14 bits per heavy atom. The molecule has 0 saturated heterocycles. The van der Waals surface area contributed by atoms with Gasteiger partial charge in [0.25, 0.3) is 0 Å². The van der Waals surface area contributed by atoms with E-state index >= 15 is 0 Å². The van der Waals surface area contributed by atoms with Crippen molar-refractivity contribution in [3.63, 3.8) is 0 Å². The Morgan fingerprint density at radius 2 is 1.71 bits per heavy atom. The maximum Gasteiger partial charge on any atom is -0.00746 e. The highest BCUT2D eigenvalue weighted by Gasteiger charge is 2.31. The van der Waals surface area contributed by atoms with Gasteiger partial charge in [-0.3, -0.25) is 0 Å². The molecule has 1 aliphatic rings. The van der Waals surface area contributed by atoms with Crippen molar-refractivity contribution in [2.24, 2.45) is 23.0 Å². The molecule has 0 aromatic heterocycles. The molecule has 1 nitrogen and oxygen atoms in total. The molecule has 84 valence electrons. The van der Waals surface area contributed by atoms with Crippen molar-refractivity contribution in [1.29, 1.82) is 0 Å². The Hall–Kier alpha value is -0.0400. The number of nitrogens with two attached hydrogens (primary N) is 1. The minimum Gasteiger partial charge on any atom is -0.330 e. The summed E-state index contributed by atoms with van der Waals surface area (Å²) in [7, 11) is 0. The molecular formula is C13H27N. The lowest BCUT2D eigenvalue weighted by Gasteiger charge is -2.38. The summed E-state index contributed by atoms with van der Waals surface area (Å²) < 4.78 is 0. The molecule has 0 radical (unpaired) electrons. The molecule has 1 saturated carbocycles. The minimum absolute atomic E-state index is 0.563. The number of hydrogen-bond donors (Lipinski definition) is 1. The zero-order chi connectivity index (χ0) is 10.6. The summed E-state index contributed by atoms with van der Waals surface area (Å²) in [6, 6.07) is 0. The van der Waals surface area contributed by atoms with Gasteiger partial charge in [-0.2, -0.15) is 0 Å². The van der Waals surface area contributed by atoms with Crippen LogP contribution in [-0.4, -0.2) is 6.54 Å². The van der Waals surface area contributed by atoms with Gasteiger partial charge in [-0.05, 0) is 43.1 Å². The topological polar surface area (TPSA) is 26.0 Å². The van der Waals surface area contributed by atoms with Gasteiger partial charge in [0.1, 0.15) is 0 Å². The highest BCUT2D eigenvalue weighted by atomic mass is 14.5. The quantitative estimate of drug-likeness (QED) is 0.732. The van der Waals surface area contributed by atoms with E-state index in [9.17, 15) is 0 Å². The molecule has 0 aliphatic heterocycles. The van der Waals surface area contributed by atoms with Gasteiger partial charge < -0.3 is 5.73 Å². The summed E-state index contributed by atoms with van der Waals surface area (Å²) in [5.74, 6) is 1.89. The van der Waals surface area contributed by atoms with Crippen molar-refractivity contribution in [3.8, 4) is 0 Å². The molecular weight excluding hydrogens is 170 g/mol. The summed E-state index contributed by atoms with van der Waals surface area (Å²) in [5, 5.41) is 0. The summed E-state index contributed by atoms with van der Waals surface area (Å²) in [6.07, 6.45) is 8.28. The van der Waals surface area contributed by atoms with Crippen molar-refractivity contribution in [1.82, 2.24) is 0 Å². The predicted octanol–water partition coefficient (Wildman–Crippen LogP) is 3.58. The van der Waals surface area contributed by atoms with Crippen LogP contribution in [0, 0.1) is 17.3 Å². The fraction of sp³-hybridized carbons (Fsp3) is 1.00. The molecule has 0 aromatic rings. The maximum absolute atomic E-state index is 5.61. The van der Waals surface area contributed by atoms with E-state index < -0.39 is 0 Å². The Kier molecular flexibility index (Phi) is 4.43. The van der Waals surface area contributed by atoms with Crippen molar-refractivity contribution in [3.05, 3.63) is 0 Å². The van der Waals surface area contributed by atoms with Crippen LogP contribution >= 0.6 is 0 Å². The maximum atomic E-state index is 5.61. The first kappa shape index (κ1) is 12.0. The van der Waals surface area contributed by atoms with Crippen LogP contribution in [-0.2, 0) is 0 Å². The van der Waals surface area contributed by atoms with Gasteiger partial charge in [-0.1, -0.05) is 40.0 Å². The smallest absolute Gasteiger partial charge is 0.00746 e. The lowest BCUT2D eigenvalue weighted by molar-refractivity contribution is 0.126. The van der Waals surface area contributed by atoms with Gasteiger partial charge in [0.15, 0.2) is 0 Å². The van der Waals surface area contributed by atoms with Crippen LogP contribution in [0.4, 0.5) is 0 Å². The normalized spacial score (nSPS) is 29.1. The summed E-state index contributed by atoms with van der Waals surface area (Å²) >= 11 is 0. The van der Waals surface area contributed by atoms with Gasteiger partial charge >= 0.3 is 0 Å². The highest BCUT2D eigenvalue weighted by molar-refractivity contribution is 4.82. The van der Waals surface area contributed by atoms with E-state index in [0.29, 0.717) is 5.41 Å². The molecule has 0 bridgehead atoms. The summed E-state index contributed by atoms with van der Waals surface area (Å²) in [6.45, 7) is 8.07. The predicted molar refractivity (Wildman–Crippen MR) is 63.2 cm³/mol. The first-order chi connectivity index (χ1) is 6.60. The zero-order valence-corrected chi connectivity index (χ0v) is 10.2. The second kappa shape index (κ2) is 5.16. The second-order valence-electron chi connectivity index (χ2n) is 5.64. The monoisotopic (exact) mass is 197 g/mol. The van der Waals surface area contributed by atoms with Crippen molar-refractivity contribution < 1.29 is 0 Å². The summed E-state index contributed by atoms with van der Waals surface area (Å²) in [4.78, 5) is 0. The highest BCUT2D eigenvalue weighted by Crippen LogP contribution is 2.42. The third kappa shape index (κ3) is 2.98. The van der Waals surface area contributed by atoms with Crippen molar-refractivity contribution in [2.75, 3.05) is 6.54 Å². The number of rotatable bonds is 4. The van der Waals surface area contributed by atoms with Crippen LogP contribution in [0.15, 0.2) is 0 Å². The molecule has 1 aliphatic carbocycles. The van der Waals surface area contributed by atoms with Crippen LogP contribution in [0.2, 0.25) is 0 Å². The van der Waals surface area contributed by atoms with Crippen molar-refractivity contribution >= 4 is 0 Å². The Balaban J connectivity index is 2.35. The van der Waals surface area contributed by atoms with Crippen molar-refractivity contribution in [2.45, 2.75) is 59.3 Å². The Bertz CT molecular complexity index is 155. The lowest BCUT2D eigenvalue weighted by Crippen LogP contribution is -2.28. The molecule has 0 amide bonds. The molecule has 0 heterocycles. The van der Waals surface area contributed by atoms with Gasteiger partial charge in [0.05, 0.1) is 0 Å². The van der Waals surface area contributed by atoms with Crippen LogP contribution in [0.1, 0.15) is 59.3 Å². The van der Waals surface area contributed by atoms with Crippen LogP contribution in [0.25, 0.3) is 0 Å². The fourth-order valence-electron chi connectivity index (χ4n) is 2.76. The fourth-order valence-corrected chi connectivity index (χ4v) is 2.76. The van der Waals surface area contributed by atoms with E-state index in [4.69, 9.17) is 5.73 Å². The summed E-state index contributed by atoms with van der Waals surface area (Å²) in [5.41, 5.74) is 6.17. The number of hydrogen-bond acceptors (Lipinski definition) is 1. The average Bonchev–Trinajstić information content (AvgIpc) is 2.19. The molecule has 1 heteroatoms. The minimum atomic E-state index is 0.563. The molecule has 1 fully saturated rings. The first-order valence-corrected chi connectivity index (χ1v) is 6.30. The van der Waals surface area contributed by atoms with Gasteiger partial charge in [0.2, 0.25) is 0 Å². The SMILES string of the molecule is CCC(C)(C)C1CCC(CCN)CC1. The Labute approximate surface area is 89.5 Å². The molecule has 0 unspecified atom stereocenters. The molecule has 14 heavy (non-hydrogen) atoms. The average molecular weight is 197 g/mol. The van der Waals surface area contributed by atoms with E-state index in [0.717, 1.165) is 18.4 Å². The first-order valence-electron chi connectivity index (χ1n) is 6.30. The zero-order valence-electron chi connectivity index (χ0n) is 10.2. The van der Waals surface area contributed by atoms with E-state index in [-0.39, 0.29) is 0 Å². The van der Waals surface area contributed by atoms with Crippen LogP contribution in [0.3, 0.4) is 0 Å². The van der Waals surface area contributed by atoms with E-state index in [2.05, 4.69) is 20.8 Å².